The highest BCUT2D eigenvalue weighted by molar-refractivity contribution is 6.13. The van der Waals surface area contributed by atoms with Gasteiger partial charge in [0.25, 0.3) is 0 Å². The van der Waals surface area contributed by atoms with Gasteiger partial charge in [-0.15, -0.1) is 0 Å². The van der Waals surface area contributed by atoms with E-state index in [1.165, 1.54) is 10.8 Å². The van der Waals surface area contributed by atoms with E-state index in [4.69, 9.17) is 14.4 Å². The van der Waals surface area contributed by atoms with Gasteiger partial charge in [-0.1, -0.05) is 146 Å². The number of hydrogen-bond acceptors (Lipinski definition) is 4. The second kappa shape index (κ2) is 13.4. The number of aromatic nitrogens is 2. The Morgan fingerprint density at radius 2 is 0.981 bits per heavy atom. The van der Waals surface area contributed by atoms with Crippen molar-refractivity contribution in [3.63, 3.8) is 0 Å². The van der Waals surface area contributed by atoms with Crippen molar-refractivity contribution in [2.24, 2.45) is 0 Å². The topological polar surface area (TPSA) is 42.2 Å². The van der Waals surface area contributed by atoms with Gasteiger partial charge in [0.1, 0.15) is 11.2 Å². The van der Waals surface area contributed by atoms with Crippen molar-refractivity contribution in [2.75, 3.05) is 4.90 Å². The first-order chi connectivity index (χ1) is 26.8. The maximum Gasteiger partial charge on any atom is 0.160 e. The highest BCUT2D eigenvalue weighted by atomic mass is 16.3. The van der Waals surface area contributed by atoms with Crippen molar-refractivity contribution in [3.8, 4) is 45.0 Å². The quantitative estimate of drug-likeness (QED) is 0.167. The van der Waals surface area contributed by atoms with Crippen LogP contribution in [0.1, 0.15) is 0 Å². The van der Waals surface area contributed by atoms with Gasteiger partial charge in [-0.3, -0.25) is 0 Å². The summed E-state index contributed by atoms with van der Waals surface area (Å²) in [6, 6.07) is 69.7. The molecule has 0 saturated carbocycles. The predicted octanol–water partition coefficient (Wildman–Crippen LogP) is 13.7. The Labute approximate surface area is 313 Å². The number of benzene rings is 8. The summed E-state index contributed by atoms with van der Waals surface area (Å²) in [5.41, 5.74) is 11.8. The van der Waals surface area contributed by atoms with E-state index in [9.17, 15) is 0 Å². The highest BCUT2D eigenvalue weighted by Crippen LogP contribution is 2.43. The Morgan fingerprint density at radius 3 is 1.74 bits per heavy atom. The molecule has 254 valence electrons. The minimum Gasteiger partial charge on any atom is -0.456 e. The number of para-hydroxylation sites is 2. The Morgan fingerprint density at radius 1 is 0.389 bits per heavy atom. The van der Waals surface area contributed by atoms with Crippen LogP contribution in [0.2, 0.25) is 0 Å². The van der Waals surface area contributed by atoms with Crippen LogP contribution >= 0.6 is 0 Å². The van der Waals surface area contributed by atoms with E-state index >= 15 is 0 Å². The van der Waals surface area contributed by atoms with Crippen molar-refractivity contribution >= 4 is 49.8 Å². The van der Waals surface area contributed by atoms with E-state index in [0.717, 1.165) is 78.2 Å². The molecule has 2 heterocycles. The number of fused-ring (bicyclic) bond motifs is 4. The predicted molar refractivity (Wildman–Crippen MR) is 223 cm³/mol. The first-order valence-corrected chi connectivity index (χ1v) is 18.2. The molecule has 0 atom stereocenters. The lowest BCUT2D eigenvalue weighted by Crippen LogP contribution is -2.10. The molecule has 10 rings (SSSR count). The third-order valence-electron chi connectivity index (χ3n) is 10.1. The lowest BCUT2D eigenvalue weighted by Gasteiger charge is -2.27. The van der Waals surface area contributed by atoms with Gasteiger partial charge >= 0.3 is 0 Å². The first-order valence-electron chi connectivity index (χ1n) is 18.2. The summed E-state index contributed by atoms with van der Waals surface area (Å²) in [5.74, 6) is 0.678. The van der Waals surface area contributed by atoms with Crippen molar-refractivity contribution in [1.29, 1.82) is 0 Å². The lowest BCUT2D eigenvalue weighted by molar-refractivity contribution is 0.669. The highest BCUT2D eigenvalue weighted by Gasteiger charge is 2.19. The number of furan rings is 1. The normalized spacial score (nSPS) is 11.3. The zero-order chi connectivity index (χ0) is 35.8. The fourth-order valence-corrected chi connectivity index (χ4v) is 7.50. The van der Waals surface area contributed by atoms with Gasteiger partial charge in [-0.05, 0) is 71.1 Å². The zero-order valence-corrected chi connectivity index (χ0v) is 29.3. The molecule has 0 aliphatic rings. The van der Waals surface area contributed by atoms with Gasteiger partial charge in [-0.25, -0.2) is 9.97 Å². The maximum absolute atomic E-state index is 6.57. The van der Waals surface area contributed by atoms with Crippen LogP contribution in [0.15, 0.2) is 205 Å². The summed E-state index contributed by atoms with van der Waals surface area (Å²) < 4.78 is 6.57. The molecular formula is C50H33N3O. The van der Waals surface area contributed by atoms with Crippen LogP contribution in [0.3, 0.4) is 0 Å². The van der Waals surface area contributed by atoms with Crippen LogP contribution in [0.4, 0.5) is 17.1 Å². The van der Waals surface area contributed by atoms with Gasteiger partial charge in [0.15, 0.2) is 5.82 Å². The molecule has 0 aliphatic heterocycles. The molecule has 2 aromatic heterocycles. The van der Waals surface area contributed by atoms with E-state index in [1.807, 2.05) is 48.5 Å². The molecule has 4 nitrogen and oxygen atoms in total. The van der Waals surface area contributed by atoms with Crippen molar-refractivity contribution in [3.05, 3.63) is 200 Å². The molecule has 0 radical (unpaired) electrons. The Kier molecular flexibility index (Phi) is 7.77. The van der Waals surface area contributed by atoms with Gasteiger partial charge in [0, 0.05) is 44.2 Å². The molecule has 0 aliphatic carbocycles. The lowest BCUT2D eigenvalue weighted by atomic mass is 9.95. The SMILES string of the molecule is c1ccc(-c2cc(-c3cc(-c4ccc(N(c5ccccc5)c5cccc6ccccc56)cc4)c4c(c3)oc3ccccc34)nc(-c3ccccc3)n2)cc1. The molecule has 4 heteroatoms. The Bertz CT molecular complexity index is 2860. The van der Waals surface area contributed by atoms with Crippen molar-refractivity contribution < 1.29 is 4.42 Å². The monoisotopic (exact) mass is 691 g/mol. The zero-order valence-electron chi connectivity index (χ0n) is 29.3. The molecule has 54 heavy (non-hydrogen) atoms. The fourth-order valence-electron chi connectivity index (χ4n) is 7.50. The van der Waals surface area contributed by atoms with E-state index in [2.05, 4.69) is 157 Å². The van der Waals surface area contributed by atoms with Crippen molar-refractivity contribution in [2.45, 2.75) is 0 Å². The van der Waals surface area contributed by atoms with Crippen LogP contribution in [-0.4, -0.2) is 9.97 Å². The average molecular weight is 692 g/mol. The molecule has 0 unspecified atom stereocenters. The molecule has 0 bridgehead atoms. The summed E-state index contributed by atoms with van der Waals surface area (Å²) in [6.45, 7) is 0. The minimum absolute atomic E-state index is 0.678. The second-order valence-corrected chi connectivity index (χ2v) is 13.4. The first kappa shape index (κ1) is 31.4. The Balaban J connectivity index is 1.16. The maximum atomic E-state index is 6.57. The van der Waals surface area contributed by atoms with E-state index in [-0.39, 0.29) is 0 Å². The molecule has 0 amide bonds. The van der Waals surface area contributed by atoms with Gasteiger partial charge < -0.3 is 9.32 Å². The van der Waals surface area contributed by atoms with Gasteiger partial charge in [0.05, 0.1) is 17.1 Å². The summed E-state index contributed by atoms with van der Waals surface area (Å²) in [5, 5.41) is 4.56. The summed E-state index contributed by atoms with van der Waals surface area (Å²) >= 11 is 0. The van der Waals surface area contributed by atoms with Crippen LogP contribution in [0, 0.1) is 0 Å². The number of hydrogen-bond donors (Lipinski definition) is 0. The fraction of sp³-hybridized carbons (Fsp3) is 0. The third kappa shape index (κ3) is 5.67. The molecule has 0 N–H and O–H groups in total. The molecule has 8 aromatic carbocycles. The average Bonchev–Trinajstić information content (AvgIpc) is 3.63. The molecule has 0 saturated heterocycles. The van der Waals surface area contributed by atoms with E-state index in [1.54, 1.807) is 0 Å². The number of nitrogens with zero attached hydrogens (tertiary/aromatic N) is 3. The van der Waals surface area contributed by atoms with Crippen molar-refractivity contribution in [1.82, 2.24) is 9.97 Å². The molecule has 0 fully saturated rings. The summed E-state index contributed by atoms with van der Waals surface area (Å²) in [6.07, 6.45) is 0. The van der Waals surface area contributed by atoms with E-state index < -0.39 is 0 Å². The number of rotatable bonds is 7. The minimum atomic E-state index is 0.678. The molecule has 0 spiro atoms. The van der Waals surface area contributed by atoms with Crippen LogP contribution in [0.25, 0.3) is 77.7 Å². The number of anilines is 3. The smallest absolute Gasteiger partial charge is 0.160 e. The summed E-state index contributed by atoms with van der Waals surface area (Å²) in [7, 11) is 0. The second-order valence-electron chi connectivity index (χ2n) is 13.4. The van der Waals surface area contributed by atoms with Gasteiger partial charge in [-0.2, -0.15) is 0 Å². The van der Waals surface area contributed by atoms with Crippen LogP contribution < -0.4 is 4.90 Å². The van der Waals surface area contributed by atoms with Crippen LogP contribution in [-0.2, 0) is 0 Å². The molecule has 10 aromatic rings. The third-order valence-corrected chi connectivity index (χ3v) is 10.1. The van der Waals surface area contributed by atoms with Gasteiger partial charge in [0.2, 0.25) is 0 Å². The van der Waals surface area contributed by atoms with Crippen LogP contribution in [0.5, 0.6) is 0 Å². The standard InChI is InChI=1S/C50H33N3O/c1-4-16-36(17-5-1)44-33-45(52-50(51-44)37-18-6-2-7-19-37)38-31-43(49-42-24-12-13-26-47(42)54-48(49)32-38)35-27-29-40(30-28-35)53(39-21-8-3-9-22-39)46-25-14-20-34-15-10-11-23-41(34)46/h1-33H. The Hall–Kier alpha value is -7.30. The summed E-state index contributed by atoms with van der Waals surface area (Å²) in [4.78, 5) is 12.5. The van der Waals surface area contributed by atoms with E-state index in [0.29, 0.717) is 5.82 Å². The molecular weight excluding hydrogens is 659 g/mol. The largest absolute Gasteiger partial charge is 0.456 e.